The summed E-state index contributed by atoms with van der Waals surface area (Å²) in [5.41, 5.74) is 2.34. The van der Waals surface area contributed by atoms with Gasteiger partial charge in [0.2, 0.25) is 11.8 Å². The van der Waals surface area contributed by atoms with Gasteiger partial charge in [-0.2, -0.15) is 0 Å². The fourth-order valence-electron chi connectivity index (χ4n) is 4.92. The number of amides is 2. The van der Waals surface area contributed by atoms with Gasteiger partial charge in [0.25, 0.3) is 0 Å². The van der Waals surface area contributed by atoms with Gasteiger partial charge < -0.3 is 21.3 Å². The Morgan fingerprint density at radius 3 is 2.00 bits per heavy atom. The van der Waals surface area contributed by atoms with Crippen LogP contribution in [0.15, 0.2) is 54.6 Å². The Morgan fingerprint density at radius 1 is 0.842 bits per heavy atom. The molecule has 2 aromatic carbocycles. The third-order valence-corrected chi connectivity index (χ3v) is 7.21. The minimum atomic E-state index is -0.446. The topological polar surface area (TPSA) is 108 Å². The lowest BCUT2D eigenvalue weighted by atomic mass is 9.78. The summed E-state index contributed by atoms with van der Waals surface area (Å²) >= 11 is 6.07. The molecule has 4 N–H and O–H groups in total. The van der Waals surface area contributed by atoms with Crippen LogP contribution in [-0.2, 0) is 15.0 Å². The van der Waals surface area contributed by atoms with E-state index in [2.05, 4.69) is 33.4 Å². The zero-order chi connectivity index (χ0) is 27.0. The first kappa shape index (κ1) is 27.4. The van der Waals surface area contributed by atoms with Crippen molar-refractivity contribution in [3.63, 3.8) is 0 Å². The molecule has 1 saturated carbocycles. The van der Waals surface area contributed by atoms with E-state index in [-0.39, 0.29) is 11.8 Å². The largest absolute Gasteiger partial charge is 0.368 e. The van der Waals surface area contributed by atoms with Crippen molar-refractivity contribution < 1.29 is 9.59 Å². The molecule has 0 atom stereocenters. The van der Waals surface area contributed by atoms with Crippen molar-refractivity contribution in [1.29, 1.82) is 0 Å². The average Bonchev–Trinajstić information content (AvgIpc) is 3.43. The van der Waals surface area contributed by atoms with Crippen molar-refractivity contribution in [2.45, 2.75) is 44.9 Å². The highest BCUT2D eigenvalue weighted by Gasteiger charge is 2.42. The van der Waals surface area contributed by atoms with Crippen LogP contribution in [0.4, 0.5) is 11.6 Å². The summed E-state index contributed by atoms with van der Waals surface area (Å²) in [4.78, 5) is 34.0. The molecule has 1 heterocycles. The molecule has 2 amide bonds. The van der Waals surface area contributed by atoms with Crippen molar-refractivity contribution in [1.82, 2.24) is 20.6 Å². The van der Waals surface area contributed by atoms with Gasteiger partial charge in [0.05, 0.1) is 5.41 Å². The number of halogens is 1. The van der Waals surface area contributed by atoms with E-state index in [1.165, 1.54) is 6.92 Å². The molecule has 0 aliphatic heterocycles. The van der Waals surface area contributed by atoms with Crippen LogP contribution in [0.1, 0.15) is 43.7 Å². The second-order valence-corrected chi connectivity index (χ2v) is 10.1. The zero-order valence-electron chi connectivity index (χ0n) is 21.9. The van der Waals surface area contributed by atoms with Crippen molar-refractivity contribution in [2.24, 2.45) is 0 Å². The van der Waals surface area contributed by atoms with Gasteiger partial charge in [-0.25, -0.2) is 9.97 Å². The normalized spacial score (nSPS) is 14.1. The number of nitrogens with one attached hydrogen (secondary N) is 4. The standard InChI is InChI=1S/C29H35ClN6O2/c1-20-25(32-17-16-31-21(2)37)35-27(22-10-12-24(30)13-11-22)36-26(20)33-18-19-34-28(38)29(14-6-7-15-29)23-8-4-3-5-9-23/h3-5,8-13H,6-7,14-19H2,1-2H3,(H,31,37)(H,34,38)(H2,32,33,35,36). The Bertz CT molecular complexity index is 1240. The fourth-order valence-corrected chi connectivity index (χ4v) is 5.04. The predicted octanol–water partition coefficient (Wildman–Crippen LogP) is 4.69. The number of hydrogen-bond acceptors (Lipinski definition) is 6. The first-order chi connectivity index (χ1) is 18.4. The molecule has 4 rings (SSSR count). The number of rotatable bonds is 11. The lowest BCUT2D eigenvalue weighted by Crippen LogP contribution is -2.44. The summed E-state index contributed by atoms with van der Waals surface area (Å²) in [6, 6.07) is 17.5. The summed E-state index contributed by atoms with van der Waals surface area (Å²) in [7, 11) is 0. The van der Waals surface area contributed by atoms with Gasteiger partial charge in [-0.15, -0.1) is 0 Å². The summed E-state index contributed by atoms with van der Waals surface area (Å²) in [5.74, 6) is 1.92. The minimum Gasteiger partial charge on any atom is -0.368 e. The van der Waals surface area contributed by atoms with Crippen LogP contribution < -0.4 is 21.3 Å². The second kappa shape index (κ2) is 12.7. The second-order valence-electron chi connectivity index (χ2n) is 9.62. The molecular formula is C29H35ClN6O2. The van der Waals surface area contributed by atoms with Gasteiger partial charge in [0, 0.05) is 49.3 Å². The number of carbonyl (C=O) groups is 2. The predicted molar refractivity (Wildman–Crippen MR) is 152 cm³/mol. The van der Waals surface area contributed by atoms with Crippen LogP contribution in [0, 0.1) is 6.92 Å². The van der Waals surface area contributed by atoms with Crippen LogP contribution >= 0.6 is 11.6 Å². The summed E-state index contributed by atoms with van der Waals surface area (Å²) in [6.45, 7) is 5.42. The molecule has 1 aromatic heterocycles. The highest BCUT2D eigenvalue weighted by atomic mass is 35.5. The Labute approximate surface area is 229 Å². The van der Waals surface area contributed by atoms with Crippen LogP contribution in [0.2, 0.25) is 5.02 Å². The van der Waals surface area contributed by atoms with Crippen molar-refractivity contribution >= 4 is 35.1 Å². The van der Waals surface area contributed by atoms with E-state index in [1.54, 1.807) is 12.1 Å². The van der Waals surface area contributed by atoms with Gasteiger partial charge in [0.15, 0.2) is 5.82 Å². The Morgan fingerprint density at radius 2 is 1.42 bits per heavy atom. The van der Waals surface area contributed by atoms with Crippen molar-refractivity contribution in [2.75, 3.05) is 36.8 Å². The maximum Gasteiger partial charge on any atom is 0.230 e. The average molecular weight is 535 g/mol. The molecule has 38 heavy (non-hydrogen) atoms. The van der Waals surface area contributed by atoms with E-state index in [0.717, 1.165) is 42.4 Å². The summed E-state index contributed by atoms with van der Waals surface area (Å²) in [6.07, 6.45) is 3.87. The summed E-state index contributed by atoms with van der Waals surface area (Å²) < 4.78 is 0. The number of carbonyl (C=O) groups excluding carboxylic acids is 2. The Balaban J connectivity index is 1.45. The van der Waals surface area contributed by atoms with E-state index in [4.69, 9.17) is 21.6 Å². The van der Waals surface area contributed by atoms with E-state index in [0.29, 0.717) is 48.7 Å². The Hall–Kier alpha value is -3.65. The molecule has 0 radical (unpaired) electrons. The monoisotopic (exact) mass is 534 g/mol. The molecule has 9 heteroatoms. The minimum absolute atomic E-state index is 0.0795. The van der Waals surface area contributed by atoms with Gasteiger partial charge in [-0.05, 0) is 49.6 Å². The van der Waals surface area contributed by atoms with Crippen LogP contribution in [0.25, 0.3) is 11.4 Å². The first-order valence-corrected chi connectivity index (χ1v) is 13.5. The molecule has 1 aliphatic rings. The van der Waals surface area contributed by atoms with E-state index in [9.17, 15) is 9.59 Å². The van der Waals surface area contributed by atoms with E-state index >= 15 is 0 Å². The maximum absolute atomic E-state index is 13.3. The van der Waals surface area contributed by atoms with Crippen LogP contribution in [-0.4, -0.2) is 48.0 Å². The number of aromatic nitrogens is 2. The first-order valence-electron chi connectivity index (χ1n) is 13.1. The van der Waals surface area contributed by atoms with E-state index < -0.39 is 5.41 Å². The molecule has 0 bridgehead atoms. The fraction of sp³-hybridized carbons (Fsp3) is 0.379. The third kappa shape index (κ3) is 6.61. The molecule has 200 valence electrons. The van der Waals surface area contributed by atoms with Gasteiger partial charge in [0.1, 0.15) is 11.6 Å². The number of benzene rings is 2. The van der Waals surface area contributed by atoms with Crippen LogP contribution in [0.3, 0.4) is 0 Å². The van der Waals surface area contributed by atoms with Gasteiger partial charge >= 0.3 is 0 Å². The summed E-state index contributed by atoms with van der Waals surface area (Å²) in [5, 5.41) is 13.3. The lowest BCUT2D eigenvalue weighted by molar-refractivity contribution is -0.126. The molecule has 1 fully saturated rings. The molecule has 0 unspecified atom stereocenters. The smallest absolute Gasteiger partial charge is 0.230 e. The van der Waals surface area contributed by atoms with E-state index in [1.807, 2.05) is 37.3 Å². The molecular weight excluding hydrogens is 500 g/mol. The number of anilines is 2. The van der Waals surface area contributed by atoms with Gasteiger partial charge in [-0.1, -0.05) is 54.8 Å². The highest BCUT2D eigenvalue weighted by Crippen LogP contribution is 2.41. The lowest BCUT2D eigenvalue weighted by Gasteiger charge is -2.28. The maximum atomic E-state index is 13.3. The number of hydrogen-bond donors (Lipinski definition) is 4. The molecule has 0 spiro atoms. The third-order valence-electron chi connectivity index (χ3n) is 6.96. The highest BCUT2D eigenvalue weighted by molar-refractivity contribution is 6.30. The van der Waals surface area contributed by atoms with Crippen LogP contribution in [0.5, 0.6) is 0 Å². The SMILES string of the molecule is CC(=O)NCCNc1nc(-c2ccc(Cl)cc2)nc(NCCNC(=O)C2(c3ccccc3)CCCC2)c1C. The zero-order valence-corrected chi connectivity index (χ0v) is 22.7. The molecule has 8 nitrogen and oxygen atoms in total. The van der Waals surface area contributed by atoms with Gasteiger partial charge in [-0.3, -0.25) is 9.59 Å². The van der Waals surface area contributed by atoms with Crippen molar-refractivity contribution in [3.05, 3.63) is 70.7 Å². The molecule has 3 aromatic rings. The quantitative estimate of drug-likeness (QED) is 0.266. The number of nitrogens with zero attached hydrogens (tertiary/aromatic N) is 2. The molecule has 0 saturated heterocycles. The molecule has 1 aliphatic carbocycles. The van der Waals surface area contributed by atoms with Crippen molar-refractivity contribution in [3.8, 4) is 11.4 Å². The Kier molecular flexibility index (Phi) is 9.18.